The standard InChI is InChI=1S/C22H30BrN9O/c1-26-17-6-4-5-7-19(17)32(2,3)22-27-13-15(20(25)33)21(30-22)29-14-8-9-16(23)18(12-14)31-28-11-10-24/h8-13,17,19,26H,4-7H2,1-3H3,(H4-,24,25,27,29,30,31,33)/p+1. The van der Waals surface area contributed by atoms with Crippen LogP contribution in [0.5, 0.6) is 0 Å². The quantitative estimate of drug-likeness (QED) is 0.197. The molecule has 1 aromatic heterocycles. The molecule has 0 bridgehead atoms. The molecule has 1 heterocycles. The van der Waals surface area contributed by atoms with Gasteiger partial charge in [0.25, 0.3) is 5.91 Å². The summed E-state index contributed by atoms with van der Waals surface area (Å²) < 4.78 is 1.28. The maximum Gasteiger partial charge on any atom is 0.330 e. The molecule has 11 heteroatoms. The highest BCUT2D eigenvalue weighted by Crippen LogP contribution is 2.32. The van der Waals surface area contributed by atoms with Crippen molar-refractivity contribution < 1.29 is 4.79 Å². The minimum absolute atomic E-state index is 0.215. The van der Waals surface area contributed by atoms with E-state index in [2.05, 4.69) is 56.2 Å². The van der Waals surface area contributed by atoms with Gasteiger partial charge in [-0.3, -0.25) is 14.7 Å². The molecule has 0 aliphatic heterocycles. The number of rotatable bonds is 9. The lowest BCUT2D eigenvalue weighted by molar-refractivity contribution is 0.1000. The summed E-state index contributed by atoms with van der Waals surface area (Å²) in [5, 5.41) is 17.7. The van der Waals surface area contributed by atoms with Crippen LogP contribution in [-0.4, -0.2) is 61.5 Å². The van der Waals surface area contributed by atoms with Gasteiger partial charge < -0.3 is 21.8 Å². The summed E-state index contributed by atoms with van der Waals surface area (Å²) >= 11 is 3.47. The Morgan fingerprint density at radius 1 is 1.33 bits per heavy atom. The Kier molecular flexibility index (Phi) is 8.11. The van der Waals surface area contributed by atoms with Crippen molar-refractivity contribution in [3.63, 3.8) is 0 Å². The molecule has 0 spiro atoms. The Morgan fingerprint density at radius 3 is 2.79 bits per heavy atom. The second kappa shape index (κ2) is 10.8. The van der Waals surface area contributed by atoms with Crippen LogP contribution in [0.25, 0.3) is 0 Å². The van der Waals surface area contributed by atoms with Gasteiger partial charge in [0.15, 0.2) is 5.82 Å². The lowest BCUT2D eigenvalue weighted by atomic mass is 9.88. The van der Waals surface area contributed by atoms with Gasteiger partial charge in [0, 0.05) is 22.8 Å². The van der Waals surface area contributed by atoms with Gasteiger partial charge in [-0.2, -0.15) is 15.1 Å². The van der Waals surface area contributed by atoms with E-state index in [1.165, 1.54) is 25.3 Å². The average Bonchev–Trinajstić information content (AvgIpc) is 2.81. The second-order valence-electron chi connectivity index (χ2n) is 8.46. The van der Waals surface area contributed by atoms with Crippen LogP contribution in [-0.2, 0) is 0 Å². The largest absolute Gasteiger partial charge is 0.365 e. The zero-order valence-corrected chi connectivity index (χ0v) is 20.7. The van der Waals surface area contributed by atoms with Crippen molar-refractivity contribution in [1.29, 1.82) is 5.41 Å². The predicted molar refractivity (Wildman–Crippen MR) is 138 cm³/mol. The van der Waals surface area contributed by atoms with Gasteiger partial charge in [-0.05, 0) is 54.0 Å². The Bertz CT molecular complexity index is 1040. The van der Waals surface area contributed by atoms with Gasteiger partial charge in [0.2, 0.25) is 0 Å². The van der Waals surface area contributed by atoms with Crippen LogP contribution in [0.3, 0.4) is 0 Å². The number of hydrogen-bond donors (Lipinski definition) is 5. The number of primary amides is 1. The van der Waals surface area contributed by atoms with E-state index in [-0.39, 0.29) is 5.56 Å². The number of nitrogens with two attached hydrogens (primary N) is 1. The first kappa shape index (κ1) is 24.7. The predicted octanol–water partition coefficient (Wildman–Crippen LogP) is 3.23. The van der Waals surface area contributed by atoms with Crippen LogP contribution in [0.15, 0.2) is 34.0 Å². The zero-order chi connectivity index (χ0) is 24.0. The fourth-order valence-electron chi connectivity index (χ4n) is 4.26. The topological polar surface area (TPSA) is 141 Å². The fraction of sp³-hybridized carbons (Fsp3) is 0.409. The molecule has 10 nitrogen and oxygen atoms in total. The molecule has 2 unspecified atom stereocenters. The first-order chi connectivity index (χ1) is 15.8. The molecule has 6 N–H and O–H groups in total. The number of benzene rings is 1. The normalized spacial score (nSPS) is 18.8. The van der Waals surface area contributed by atoms with E-state index < -0.39 is 5.91 Å². The molecule has 0 radical (unpaired) electrons. The summed E-state index contributed by atoms with van der Waals surface area (Å²) in [6.45, 7) is 0. The lowest BCUT2D eigenvalue weighted by Crippen LogP contribution is -2.60. The van der Waals surface area contributed by atoms with E-state index in [4.69, 9.17) is 16.1 Å². The summed E-state index contributed by atoms with van der Waals surface area (Å²) in [4.78, 5) is 21.4. The number of nitrogens with one attached hydrogen (secondary N) is 4. The third-order valence-corrected chi connectivity index (χ3v) is 6.74. The molecule has 3 rings (SSSR count). The van der Waals surface area contributed by atoms with Gasteiger partial charge in [0.1, 0.15) is 11.6 Å². The van der Waals surface area contributed by atoms with Crippen LogP contribution < -0.4 is 26.3 Å². The Morgan fingerprint density at radius 2 is 2.09 bits per heavy atom. The van der Waals surface area contributed by atoms with Crippen LogP contribution in [0.2, 0.25) is 0 Å². The van der Waals surface area contributed by atoms with Crippen molar-refractivity contribution in [1.82, 2.24) is 19.8 Å². The molecule has 1 aliphatic carbocycles. The minimum Gasteiger partial charge on any atom is -0.365 e. The molecular formula is C22H31BrN9O+. The summed E-state index contributed by atoms with van der Waals surface area (Å²) in [6.07, 6.45) is 8.47. The Hall–Kier alpha value is -2.89. The van der Waals surface area contributed by atoms with Crippen molar-refractivity contribution >= 4 is 57.4 Å². The molecule has 176 valence electrons. The van der Waals surface area contributed by atoms with Crippen molar-refractivity contribution in [3.8, 4) is 0 Å². The molecule has 2 atom stereocenters. The fourth-order valence-corrected chi connectivity index (χ4v) is 4.60. The summed E-state index contributed by atoms with van der Waals surface area (Å²) in [5.74, 6) is 0.360. The van der Waals surface area contributed by atoms with Gasteiger partial charge >= 0.3 is 5.95 Å². The second-order valence-corrected chi connectivity index (χ2v) is 9.31. The number of quaternary nitrogens is 1. The Labute approximate surface area is 202 Å². The average molecular weight is 517 g/mol. The number of amides is 1. The van der Waals surface area contributed by atoms with Crippen LogP contribution in [0.4, 0.5) is 23.1 Å². The van der Waals surface area contributed by atoms with Crippen molar-refractivity contribution in [2.75, 3.05) is 31.9 Å². The first-order valence-electron chi connectivity index (χ1n) is 10.8. The summed E-state index contributed by atoms with van der Waals surface area (Å²) in [5.41, 5.74) is 10.1. The maximum atomic E-state index is 12.1. The highest BCUT2D eigenvalue weighted by atomic mass is 79.9. The summed E-state index contributed by atoms with van der Waals surface area (Å²) in [7, 11) is 6.21. The van der Waals surface area contributed by atoms with Crippen molar-refractivity contribution in [3.05, 3.63) is 34.4 Å². The van der Waals surface area contributed by atoms with E-state index >= 15 is 0 Å². The molecule has 33 heavy (non-hydrogen) atoms. The number of likely N-dealkylation sites (N-methyl/N-ethyl adjacent to an activating group) is 2. The number of nitrogens with zero attached hydrogens (tertiary/aromatic N) is 4. The number of hydrazone groups is 1. The third-order valence-electron chi connectivity index (χ3n) is 6.05. The van der Waals surface area contributed by atoms with Crippen LogP contribution in [0.1, 0.15) is 36.0 Å². The van der Waals surface area contributed by atoms with E-state index in [9.17, 15) is 4.79 Å². The number of halogens is 1. The van der Waals surface area contributed by atoms with Gasteiger partial charge in [-0.15, -0.1) is 0 Å². The van der Waals surface area contributed by atoms with E-state index in [1.807, 2.05) is 25.2 Å². The smallest absolute Gasteiger partial charge is 0.330 e. The number of aromatic nitrogens is 2. The molecule has 1 fully saturated rings. The van der Waals surface area contributed by atoms with E-state index in [1.54, 1.807) is 0 Å². The Balaban J connectivity index is 1.96. The van der Waals surface area contributed by atoms with E-state index in [0.29, 0.717) is 39.7 Å². The lowest BCUT2D eigenvalue weighted by Gasteiger charge is -2.42. The molecule has 1 amide bonds. The van der Waals surface area contributed by atoms with Crippen molar-refractivity contribution in [2.24, 2.45) is 10.8 Å². The number of carbonyl (C=O) groups is 1. The van der Waals surface area contributed by atoms with Gasteiger partial charge in [-0.1, -0.05) is 6.42 Å². The number of anilines is 3. The number of carbonyl (C=O) groups excluding carboxylic acids is 1. The van der Waals surface area contributed by atoms with Crippen LogP contribution in [0, 0.1) is 5.41 Å². The van der Waals surface area contributed by atoms with Gasteiger partial charge in [0.05, 0.1) is 38.2 Å². The summed E-state index contributed by atoms with van der Waals surface area (Å²) in [6, 6.07) is 6.18. The van der Waals surface area contributed by atoms with Gasteiger partial charge in [-0.25, -0.2) is 0 Å². The molecule has 1 aliphatic rings. The molecule has 1 aromatic carbocycles. The molecule has 1 saturated carbocycles. The maximum absolute atomic E-state index is 12.1. The minimum atomic E-state index is -0.605. The SMILES string of the molecule is CNC1CCCCC1[N+](C)(C)c1ncc(C(N)=O)c(Nc2ccc(Br)c(NN=CC=N)c2)n1. The molecular weight excluding hydrogens is 486 g/mol. The molecule has 0 saturated heterocycles. The first-order valence-corrected chi connectivity index (χ1v) is 11.6. The third kappa shape index (κ3) is 5.73. The highest BCUT2D eigenvalue weighted by Gasteiger charge is 2.40. The monoisotopic (exact) mass is 516 g/mol. The van der Waals surface area contributed by atoms with Crippen molar-refractivity contribution in [2.45, 2.75) is 37.8 Å². The molecule has 2 aromatic rings. The zero-order valence-electron chi connectivity index (χ0n) is 19.1. The van der Waals surface area contributed by atoms with Crippen LogP contribution >= 0.6 is 15.9 Å². The number of hydrogen-bond acceptors (Lipinski definition) is 8. The van der Waals surface area contributed by atoms with E-state index in [0.717, 1.165) is 23.5 Å². The highest BCUT2D eigenvalue weighted by molar-refractivity contribution is 9.10.